The predicted octanol–water partition coefficient (Wildman–Crippen LogP) is 4.41. The topological polar surface area (TPSA) is 77.1 Å². The molecule has 1 atom stereocenters. The fourth-order valence-electron chi connectivity index (χ4n) is 3.78. The second-order valence-corrected chi connectivity index (χ2v) is 8.16. The number of benzene rings is 2. The third kappa shape index (κ3) is 4.52. The Bertz CT molecular complexity index is 1010. The summed E-state index contributed by atoms with van der Waals surface area (Å²) in [5.41, 5.74) is 0.735. The van der Waals surface area contributed by atoms with Crippen molar-refractivity contribution in [1.82, 2.24) is 4.90 Å². The summed E-state index contributed by atoms with van der Waals surface area (Å²) in [6, 6.07) is 7.49. The minimum atomic E-state index is -0.636. The molecule has 7 nitrogen and oxygen atoms in total. The maximum absolute atomic E-state index is 13.2. The summed E-state index contributed by atoms with van der Waals surface area (Å²) in [5, 5.41) is 3.60. The first-order chi connectivity index (χ1) is 15.0. The summed E-state index contributed by atoms with van der Waals surface area (Å²) in [6.07, 6.45) is 2.02. The van der Waals surface area contributed by atoms with Crippen molar-refractivity contribution >= 4 is 40.7 Å². The molecule has 2 aliphatic heterocycles. The maximum atomic E-state index is 13.2. The molecule has 31 heavy (non-hydrogen) atoms. The highest BCUT2D eigenvalue weighted by molar-refractivity contribution is 6.34. The quantitative estimate of drug-likeness (QED) is 0.724. The standard InChI is InChI=1S/C22H22Cl2N2O5/c1-29-18-6-5-13(23)10-14(18)22(28)26-7-2-4-17(26)21(27)25-16-12-20-19(11-15(16)24)30-8-3-9-31-20/h5-6,10-12,17H,2-4,7-9H2,1H3,(H,25,27). The number of likely N-dealkylation sites (tertiary alicyclic amines) is 1. The second-order valence-electron chi connectivity index (χ2n) is 7.32. The van der Waals surface area contributed by atoms with Crippen molar-refractivity contribution in [2.45, 2.75) is 25.3 Å². The maximum Gasteiger partial charge on any atom is 0.258 e. The molecule has 2 aromatic rings. The molecule has 2 amide bonds. The molecular formula is C22H22Cl2N2O5. The molecule has 1 N–H and O–H groups in total. The van der Waals surface area contributed by atoms with Gasteiger partial charge in [-0.3, -0.25) is 9.59 Å². The van der Waals surface area contributed by atoms with Crippen LogP contribution in [0.1, 0.15) is 29.6 Å². The van der Waals surface area contributed by atoms with Gasteiger partial charge in [-0.15, -0.1) is 0 Å². The van der Waals surface area contributed by atoms with Crippen LogP contribution < -0.4 is 19.5 Å². The highest BCUT2D eigenvalue weighted by Crippen LogP contribution is 2.38. The van der Waals surface area contributed by atoms with Gasteiger partial charge in [-0.1, -0.05) is 23.2 Å². The lowest BCUT2D eigenvalue weighted by Gasteiger charge is -2.25. The van der Waals surface area contributed by atoms with E-state index in [1.165, 1.54) is 7.11 Å². The van der Waals surface area contributed by atoms with Crippen LogP contribution in [0.2, 0.25) is 10.0 Å². The number of rotatable bonds is 4. The molecular weight excluding hydrogens is 443 g/mol. The fourth-order valence-corrected chi connectivity index (χ4v) is 4.15. The summed E-state index contributed by atoms with van der Waals surface area (Å²) >= 11 is 12.4. The van der Waals surface area contributed by atoms with E-state index < -0.39 is 6.04 Å². The Kier molecular flexibility index (Phi) is 6.43. The van der Waals surface area contributed by atoms with E-state index in [4.69, 9.17) is 37.4 Å². The van der Waals surface area contributed by atoms with Crippen LogP contribution in [0.4, 0.5) is 5.69 Å². The Morgan fingerprint density at radius 3 is 2.58 bits per heavy atom. The predicted molar refractivity (Wildman–Crippen MR) is 118 cm³/mol. The third-order valence-electron chi connectivity index (χ3n) is 5.30. The van der Waals surface area contributed by atoms with Gasteiger partial charge < -0.3 is 24.4 Å². The van der Waals surface area contributed by atoms with Crippen LogP contribution in [-0.2, 0) is 4.79 Å². The van der Waals surface area contributed by atoms with E-state index in [1.807, 2.05) is 0 Å². The summed E-state index contributed by atoms with van der Waals surface area (Å²) in [5.74, 6) is 0.864. The van der Waals surface area contributed by atoms with Crippen molar-refractivity contribution in [3.05, 3.63) is 45.9 Å². The highest BCUT2D eigenvalue weighted by atomic mass is 35.5. The zero-order valence-corrected chi connectivity index (χ0v) is 18.5. The van der Waals surface area contributed by atoms with E-state index in [-0.39, 0.29) is 11.8 Å². The van der Waals surface area contributed by atoms with Crippen LogP contribution in [0.3, 0.4) is 0 Å². The number of halogens is 2. The van der Waals surface area contributed by atoms with Crippen molar-refractivity contribution < 1.29 is 23.8 Å². The Morgan fingerprint density at radius 2 is 1.84 bits per heavy atom. The van der Waals surface area contributed by atoms with Crippen LogP contribution in [0.25, 0.3) is 0 Å². The molecule has 1 saturated heterocycles. The highest BCUT2D eigenvalue weighted by Gasteiger charge is 2.36. The van der Waals surface area contributed by atoms with Gasteiger partial charge >= 0.3 is 0 Å². The SMILES string of the molecule is COc1ccc(Cl)cc1C(=O)N1CCCC1C(=O)Nc1cc2c(cc1Cl)OCCCO2. The van der Waals surface area contributed by atoms with Crippen molar-refractivity contribution in [2.75, 3.05) is 32.2 Å². The van der Waals surface area contributed by atoms with E-state index in [2.05, 4.69) is 5.32 Å². The van der Waals surface area contributed by atoms with Crippen LogP contribution in [-0.4, -0.2) is 49.6 Å². The van der Waals surface area contributed by atoms with Crippen molar-refractivity contribution in [3.8, 4) is 17.2 Å². The first kappa shape index (κ1) is 21.6. The van der Waals surface area contributed by atoms with E-state index in [1.54, 1.807) is 35.2 Å². The minimum absolute atomic E-state index is 0.304. The lowest BCUT2D eigenvalue weighted by molar-refractivity contribution is -0.119. The molecule has 2 aliphatic rings. The van der Waals surface area contributed by atoms with Crippen molar-refractivity contribution in [1.29, 1.82) is 0 Å². The third-order valence-corrected chi connectivity index (χ3v) is 5.85. The average Bonchev–Trinajstić information content (AvgIpc) is 3.15. The number of hydrogen-bond acceptors (Lipinski definition) is 5. The Morgan fingerprint density at radius 1 is 1.10 bits per heavy atom. The number of hydrogen-bond donors (Lipinski definition) is 1. The van der Waals surface area contributed by atoms with Gasteiger partial charge in [-0.05, 0) is 31.0 Å². The van der Waals surface area contributed by atoms with Gasteiger partial charge in [-0.2, -0.15) is 0 Å². The van der Waals surface area contributed by atoms with Gasteiger partial charge in [0.15, 0.2) is 11.5 Å². The number of nitrogens with zero attached hydrogens (tertiary/aromatic N) is 1. The molecule has 1 unspecified atom stereocenters. The number of carbonyl (C=O) groups is 2. The van der Waals surface area contributed by atoms with Gasteiger partial charge in [0.25, 0.3) is 5.91 Å². The lowest BCUT2D eigenvalue weighted by atomic mass is 10.1. The van der Waals surface area contributed by atoms with Crippen LogP contribution in [0, 0.1) is 0 Å². The molecule has 0 spiro atoms. The molecule has 0 saturated carbocycles. The Hall–Kier alpha value is -2.64. The normalized spacial score (nSPS) is 17.8. The molecule has 0 aromatic heterocycles. The summed E-state index contributed by atoms with van der Waals surface area (Å²) in [4.78, 5) is 27.8. The van der Waals surface area contributed by atoms with Crippen LogP contribution >= 0.6 is 23.2 Å². The number of carbonyl (C=O) groups excluding carboxylic acids is 2. The number of nitrogens with one attached hydrogen (secondary N) is 1. The van der Waals surface area contributed by atoms with Gasteiger partial charge in [0, 0.05) is 30.1 Å². The van der Waals surface area contributed by atoms with Crippen LogP contribution in [0.5, 0.6) is 17.2 Å². The van der Waals surface area contributed by atoms with Crippen molar-refractivity contribution in [3.63, 3.8) is 0 Å². The van der Waals surface area contributed by atoms with E-state index in [0.29, 0.717) is 71.1 Å². The Labute approximate surface area is 190 Å². The first-order valence-electron chi connectivity index (χ1n) is 10.0. The number of ether oxygens (including phenoxy) is 3. The molecule has 9 heteroatoms. The first-order valence-corrected chi connectivity index (χ1v) is 10.8. The van der Waals surface area contributed by atoms with Gasteiger partial charge in [-0.25, -0.2) is 0 Å². The minimum Gasteiger partial charge on any atom is -0.496 e. The van der Waals surface area contributed by atoms with E-state index in [0.717, 1.165) is 6.42 Å². The molecule has 0 radical (unpaired) electrons. The fraction of sp³-hybridized carbons (Fsp3) is 0.364. The van der Waals surface area contributed by atoms with Crippen LogP contribution in [0.15, 0.2) is 30.3 Å². The molecule has 0 aliphatic carbocycles. The number of fused-ring (bicyclic) bond motifs is 1. The molecule has 0 bridgehead atoms. The zero-order chi connectivity index (χ0) is 22.0. The molecule has 2 heterocycles. The molecule has 1 fully saturated rings. The lowest BCUT2D eigenvalue weighted by Crippen LogP contribution is -2.43. The van der Waals surface area contributed by atoms with E-state index >= 15 is 0 Å². The summed E-state index contributed by atoms with van der Waals surface area (Å²) in [7, 11) is 1.49. The molecule has 164 valence electrons. The van der Waals surface area contributed by atoms with Gasteiger partial charge in [0.2, 0.25) is 5.91 Å². The summed E-state index contributed by atoms with van der Waals surface area (Å²) in [6.45, 7) is 1.52. The average molecular weight is 465 g/mol. The number of methoxy groups -OCH3 is 1. The zero-order valence-electron chi connectivity index (χ0n) is 17.0. The smallest absolute Gasteiger partial charge is 0.258 e. The monoisotopic (exact) mass is 464 g/mol. The largest absolute Gasteiger partial charge is 0.496 e. The van der Waals surface area contributed by atoms with Gasteiger partial charge in [0.05, 0.1) is 36.6 Å². The van der Waals surface area contributed by atoms with Crippen molar-refractivity contribution in [2.24, 2.45) is 0 Å². The number of amides is 2. The molecule has 4 rings (SSSR count). The molecule has 2 aromatic carbocycles. The van der Waals surface area contributed by atoms with E-state index in [9.17, 15) is 9.59 Å². The summed E-state index contributed by atoms with van der Waals surface area (Å²) < 4.78 is 16.6. The van der Waals surface area contributed by atoms with Gasteiger partial charge in [0.1, 0.15) is 11.8 Å². The number of anilines is 1. The Balaban J connectivity index is 1.54. The second kappa shape index (κ2) is 9.24.